The van der Waals surface area contributed by atoms with Crippen molar-refractivity contribution in [1.82, 2.24) is 0 Å². The number of hydrogen-bond acceptors (Lipinski definition) is 3. The molecule has 0 aromatic heterocycles. The molecule has 7 heteroatoms. The molecule has 26 heavy (non-hydrogen) atoms. The van der Waals surface area contributed by atoms with E-state index >= 15 is 0 Å². The summed E-state index contributed by atoms with van der Waals surface area (Å²) < 4.78 is 26.2. The number of anilines is 2. The van der Waals surface area contributed by atoms with Gasteiger partial charge in [0.05, 0.1) is 11.9 Å². The monoisotopic (exact) mass is 434 g/mol. The van der Waals surface area contributed by atoms with Gasteiger partial charge in [-0.25, -0.2) is 8.42 Å². The minimum atomic E-state index is -3.28. The summed E-state index contributed by atoms with van der Waals surface area (Å²) in [4.78, 5) is 15.0. The van der Waals surface area contributed by atoms with Gasteiger partial charge in [0.1, 0.15) is 0 Å². The van der Waals surface area contributed by atoms with Gasteiger partial charge in [-0.2, -0.15) is 0 Å². The van der Waals surface area contributed by atoms with Crippen LogP contribution in [0.5, 0.6) is 0 Å². The number of rotatable bonds is 2. The van der Waals surface area contributed by atoms with E-state index in [9.17, 15) is 13.2 Å². The maximum Gasteiger partial charge on any atom is 0.258 e. The van der Waals surface area contributed by atoms with Gasteiger partial charge in [-0.3, -0.25) is 9.10 Å². The second-order valence-corrected chi connectivity index (χ2v) is 9.75. The molecular formula is C19H19BrN2O3S. The van der Waals surface area contributed by atoms with Gasteiger partial charge in [-0.15, -0.1) is 0 Å². The second kappa shape index (κ2) is 6.09. The molecule has 0 radical (unpaired) electrons. The van der Waals surface area contributed by atoms with E-state index in [1.807, 2.05) is 30.0 Å². The fraction of sp³-hybridized carbons (Fsp3) is 0.316. The highest BCUT2D eigenvalue weighted by Gasteiger charge is 2.33. The number of amides is 1. The molecule has 136 valence electrons. The van der Waals surface area contributed by atoms with Crippen LogP contribution in [0.25, 0.3) is 0 Å². The van der Waals surface area contributed by atoms with Crippen LogP contribution in [0.15, 0.2) is 40.9 Å². The Balaban J connectivity index is 1.69. The summed E-state index contributed by atoms with van der Waals surface area (Å²) in [6.45, 7) is 2.48. The summed E-state index contributed by atoms with van der Waals surface area (Å²) in [5.74, 6) is -0.0424. The number of nitrogens with zero attached hydrogens (tertiary/aromatic N) is 2. The molecule has 2 aromatic rings. The fourth-order valence-electron chi connectivity index (χ4n) is 3.90. The van der Waals surface area contributed by atoms with E-state index < -0.39 is 10.0 Å². The van der Waals surface area contributed by atoms with E-state index in [-0.39, 0.29) is 11.9 Å². The van der Waals surface area contributed by atoms with Crippen molar-refractivity contribution < 1.29 is 13.2 Å². The van der Waals surface area contributed by atoms with E-state index in [4.69, 9.17) is 0 Å². The molecule has 2 aliphatic heterocycles. The van der Waals surface area contributed by atoms with Gasteiger partial charge in [-0.1, -0.05) is 15.9 Å². The quantitative estimate of drug-likeness (QED) is 0.727. The van der Waals surface area contributed by atoms with Crippen molar-refractivity contribution >= 4 is 43.2 Å². The normalized spacial score (nSPS) is 18.8. The predicted octanol–water partition coefficient (Wildman–Crippen LogP) is 3.36. The van der Waals surface area contributed by atoms with Crippen LogP contribution in [-0.2, 0) is 22.9 Å². The van der Waals surface area contributed by atoms with Crippen molar-refractivity contribution in [2.75, 3.05) is 22.0 Å². The third-order valence-corrected chi connectivity index (χ3v) is 6.73. The Kier molecular flexibility index (Phi) is 4.11. The number of sulfonamides is 1. The van der Waals surface area contributed by atoms with Crippen LogP contribution in [0.3, 0.4) is 0 Å². The van der Waals surface area contributed by atoms with Crippen molar-refractivity contribution in [1.29, 1.82) is 0 Å². The van der Waals surface area contributed by atoms with Gasteiger partial charge in [0.25, 0.3) is 5.91 Å². The van der Waals surface area contributed by atoms with E-state index in [0.717, 1.165) is 27.7 Å². The van der Waals surface area contributed by atoms with Crippen LogP contribution < -0.4 is 9.21 Å². The van der Waals surface area contributed by atoms with Gasteiger partial charge in [0.2, 0.25) is 10.0 Å². The van der Waals surface area contributed by atoms with Crippen LogP contribution in [0, 0.1) is 0 Å². The largest absolute Gasteiger partial charge is 0.305 e. The molecule has 0 aliphatic carbocycles. The highest BCUT2D eigenvalue weighted by Crippen LogP contribution is 2.36. The third-order valence-electron chi connectivity index (χ3n) is 5.06. The summed E-state index contributed by atoms with van der Waals surface area (Å²) in [6, 6.07) is 11.4. The summed E-state index contributed by atoms with van der Waals surface area (Å²) in [5, 5.41) is 0. The van der Waals surface area contributed by atoms with Gasteiger partial charge in [0, 0.05) is 28.3 Å². The zero-order chi connectivity index (χ0) is 18.6. The second-order valence-electron chi connectivity index (χ2n) is 6.93. The number of benzene rings is 2. The molecule has 0 N–H and O–H groups in total. The molecule has 1 atom stereocenters. The molecule has 0 saturated heterocycles. The average molecular weight is 435 g/mol. The molecule has 0 saturated carbocycles. The average Bonchev–Trinajstić information content (AvgIpc) is 3.12. The molecule has 0 bridgehead atoms. The Bertz CT molecular complexity index is 1020. The number of carbonyl (C=O) groups is 1. The minimum absolute atomic E-state index is 0.0424. The topological polar surface area (TPSA) is 57.7 Å². The SMILES string of the molecule is CC1Cc2cc(Br)ccc2N1C(=O)c1ccc2c(c1)CCN2S(C)(=O)=O. The molecule has 4 rings (SSSR count). The minimum Gasteiger partial charge on any atom is -0.305 e. The van der Waals surface area contributed by atoms with Crippen molar-refractivity contribution in [3.63, 3.8) is 0 Å². The summed E-state index contributed by atoms with van der Waals surface area (Å²) >= 11 is 3.48. The van der Waals surface area contributed by atoms with Gasteiger partial charge >= 0.3 is 0 Å². The summed E-state index contributed by atoms with van der Waals surface area (Å²) in [5.41, 5.74) is 4.29. The Morgan fingerprint density at radius 1 is 1.12 bits per heavy atom. The van der Waals surface area contributed by atoms with Crippen LogP contribution in [0.4, 0.5) is 11.4 Å². The molecule has 2 aromatic carbocycles. The molecule has 0 fully saturated rings. The Morgan fingerprint density at radius 2 is 1.85 bits per heavy atom. The highest BCUT2D eigenvalue weighted by atomic mass is 79.9. The van der Waals surface area contributed by atoms with Crippen molar-refractivity contribution in [2.24, 2.45) is 0 Å². The van der Waals surface area contributed by atoms with Gasteiger partial charge in [-0.05, 0) is 67.3 Å². The molecule has 5 nitrogen and oxygen atoms in total. The lowest BCUT2D eigenvalue weighted by atomic mass is 10.1. The van der Waals surface area contributed by atoms with Gasteiger partial charge < -0.3 is 4.90 Å². The lowest BCUT2D eigenvalue weighted by Crippen LogP contribution is -2.35. The maximum atomic E-state index is 13.2. The highest BCUT2D eigenvalue weighted by molar-refractivity contribution is 9.10. The van der Waals surface area contributed by atoms with E-state index in [1.165, 1.54) is 10.6 Å². The lowest BCUT2D eigenvalue weighted by Gasteiger charge is -2.23. The molecule has 1 unspecified atom stereocenters. The first kappa shape index (κ1) is 17.5. The summed E-state index contributed by atoms with van der Waals surface area (Å²) in [7, 11) is -3.28. The number of carbonyl (C=O) groups excluding carboxylic acids is 1. The molecular weight excluding hydrogens is 416 g/mol. The first-order valence-electron chi connectivity index (χ1n) is 8.48. The van der Waals surface area contributed by atoms with E-state index in [1.54, 1.807) is 12.1 Å². The van der Waals surface area contributed by atoms with Gasteiger partial charge in [0.15, 0.2) is 0 Å². The standard InChI is InChI=1S/C19H19BrN2O3S/c1-12-9-15-11-16(20)4-6-18(15)22(12)19(23)14-3-5-17-13(10-14)7-8-21(17)26(2,24)25/h3-6,10-12H,7-9H2,1-2H3. The van der Waals surface area contributed by atoms with Crippen LogP contribution >= 0.6 is 15.9 Å². The molecule has 1 amide bonds. The number of fused-ring (bicyclic) bond motifs is 2. The van der Waals surface area contributed by atoms with Crippen LogP contribution in [0.2, 0.25) is 0 Å². The number of halogens is 1. The fourth-order valence-corrected chi connectivity index (χ4v) is 5.26. The van der Waals surface area contributed by atoms with Crippen molar-refractivity contribution in [3.8, 4) is 0 Å². The molecule has 2 aliphatic rings. The van der Waals surface area contributed by atoms with Crippen LogP contribution in [-0.4, -0.2) is 33.2 Å². The zero-order valence-electron chi connectivity index (χ0n) is 14.6. The predicted molar refractivity (Wildman–Crippen MR) is 106 cm³/mol. The van der Waals surface area contributed by atoms with Crippen molar-refractivity contribution in [2.45, 2.75) is 25.8 Å². The Hall–Kier alpha value is -1.86. The smallest absolute Gasteiger partial charge is 0.258 e. The van der Waals surface area contributed by atoms with Crippen molar-refractivity contribution in [3.05, 3.63) is 57.6 Å². The number of hydrogen-bond donors (Lipinski definition) is 0. The molecule has 0 spiro atoms. The molecule has 2 heterocycles. The van der Waals surface area contributed by atoms with E-state index in [2.05, 4.69) is 22.0 Å². The Labute approximate surface area is 161 Å². The summed E-state index contributed by atoms with van der Waals surface area (Å²) in [6.07, 6.45) is 2.66. The van der Waals surface area contributed by atoms with Crippen LogP contribution in [0.1, 0.15) is 28.4 Å². The Morgan fingerprint density at radius 3 is 2.58 bits per heavy atom. The maximum absolute atomic E-state index is 13.2. The first-order chi connectivity index (χ1) is 12.3. The zero-order valence-corrected chi connectivity index (χ0v) is 17.0. The first-order valence-corrected chi connectivity index (χ1v) is 11.1. The van der Waals surface area contributed by atoms with E-state index in [0.29, 0.717) is 24.2 Å². The third kappa shape index (κ3) is 2.83. The lowest BCUT2D eigenvalue weighted by molar-refractivity contribution is 0.0981.